The molecular formula is C18H25N5O2. The van der Waals surface area contributed by atoms with E-state index < -0.39 is 0 Å². The van der Waals surface area contributed by atoms with Crippen molar-refractivity contribution < 1.29 is 9.32 Å². The zero-order valence-corrected chi connectivity index (χ0v) is 14.8. The third kappa shape index (κ3) is 4.57. The second-order valence-electron chi connectivity index (χ2n) is 6.37. The molecule has 0 unspecified atom stereocenters. The SMILES string of the molecule is CC[C@@H](NCc1ccc(N2CCCC2)nc1)C(=O)Nc1cc(C)on1. The summed E-state index contributed by atoms with van der Waals surface area (Å²) in [5, 5.41) is 9.83. The minimum Gasteiger partial charge on any atom is -0.360 e. The Hall–Kier alpha value is -2.41. The largest absolute Gasteiger partial charge is 0.360 e. The summed E-state index contributed by atoms with van der Waals surface area (Å²) in [4.78, 5) is 19.2. The molecule has 0 saturated carbocycles. The van der Waals surface area contributed by atoms with Crippen LogP contribution in [0.5, 0.6) is 0 Å². The van der Waals surface area contributed by atoms with E-state index in [4.69, 9.17) is 4.52 Å². The highest BCUT2D eigenvalue weighted by molar-refractivity contribution is 5.93. The van der Waals surface area contributed by atoms with Crippen molar-refractivity contribution in [2.75, 3.05) is 23.3 Å². The van der Waals surface area contributed by atoms with Gasteiger partial charge in [0.25, 0.3) is 0 Å². The first-order valence-electron chi connectivity index (χ1n) is 8.83. The fourth-order valence-electron chi connectivity index (χ4n) is 2.96. The Balaban J connectivity index is 1.52. The van der Waals surface area contributed by atoms with Crippen LogP contribution in [0, 0.1) is 6.92 Å². The number of amides is 1. The second kappa shape index (κ2) is 8.11. The van der Waals surface area contributed by atoms with Crippen molar-refractivity contribution >= 4 is 17.5 Å². The molecule has 2 N–H and O–H groups in total. The lowest BCUT2D eigenvalue weighted by Crippen LogP contribution is -2.39. The van der Waals surface area contributed by atoms with Gasteiger partial charge in [-0.15, -0.1) is 0 Å². The third-order valence-corrected chi connectivity index (χ3v) is 4.40. The van der Waals surface area contributed by atoms with Crippen LogP contribution in [0.1, 0.15) is 37.5 Å². The lowest BCUT2D eigenvalue weighted by atomic mass is 10.2. The first-order chi connectivity index (χ1) is 12.2. The summed E-state index contributed by atoms with van der Waals surface area (Å²) < 4.78 is 4.96. The lowest BCUT2D eigenvalue weighted by Gasteiger charge is -2.18. The number of anilines is 2. The van der Waals surface area contributed by atoms with Crippen LogP contribution in [0.4, 0.5) is 11.6 Å². The number of hydrogen-bond donors (Lipinski definition) is 2. The topological polar surface area (TPSA) is 83.3 Å². The summed E-state index contributed by atoms with van der Waals surface area (Å²) in [5.41, 5.74) is 1.06. The van der Waals surface area contributed by atoms with E-state index in [2.05, 4.69) is 37.8 Å². The monoisotopic (exact) mass is 343 g/mol. The number of nitrogens with one attached hydrogen (secondary N) is 2. The molecule has 1 aliphatic heterocycles. The van der Waals surface area contributed by atoms with E-state index in [0.29, 0.717) is 24.5 Å². The van der Waals surface area contributed by atoms with E-state index in [1.54, 1.807) is 13.0 Å². The molecule has 0 aromatic carbocycles. The number of nitrogens with zero attached hydrogens (tertiary/aromatic N) is 3. The number of carbonyl (C=O) groups is 1. The van der Waals surface area contributed by atoms with Gasteiger partial charge >= 0.3 is 0 Å². The van der Waals surface area contributed by atoms with E-state index in [1.165, 1.54) is 12.8 Å². The Bertz CT molecular complexity index is 692. The molecule has 0 aliphatic carbocycles. The molecule has 1 fully saturated rings. The van der Waals surface area contributed by atoms with Crippen molar-refractivity contribution in [3.8, 4) is 0 Å². The summed E-state index contributed by atoms with van der Waals surface area (Å²) in [7, 11) is 0. The van der Waals surface area contributed by atoms with Crippen LogP contribution >= 0.6 is 0 Å². The number of pyridine rings is 1. The summed E-state index contributed by atoms with van der Waals surface area (Å²) >= 11 is 0. The van der Waals surface area contributed by atoms with E-state index in [1.807, 2.05) is 13.1 Å². The van der Waals surface area contributed by atoms with Gasteiger partial charge in [0.15, 0.2) is 5.82 Å². The molecule has 134 valence electrons. The summed E-state index contributed by atoms with van der Waals surface area (Å²) in [6, 6.07) is 5.53. The second-order valence-corrected chi connectivity index (χ2v) is 6.37. The molecule has 2 aromatic rings. The molecule has 0 bridgehead atoms. The highest BCUT2D eigenvalue weighted by Crippen LogP contribution is 2.17. The fraction of sp³-hybridized carbons (Fsp3) is 0.500. The van der Waals surface area contributed by atoms with Crippen molar-refractivity contribution in [2.24, 2.45) is 0 Å². The first-order valence-corrected chi connectivity index (χ1v) is 8.83. The smallest absolute Gasteiger partial charge is 0.242 e. The van der Waals surface area contributed by atoms with Crippen LogP contribution < -0.4 is 15.5 Å². The highest BCUT2D eigenvalue weighted by atomic mass is 16.5. The Kier molecular flexibility index (Phi) is 5.65. The van der Waals surface area contributed by atoms with Gasteiger partial charge in [-0.25, -0.2) is 4.98 Å². The highest BCUT2D eigenvalue weighted by Gasteiger charge is 2.18. The van der Waals surface area contributed by atoms with E-state index in [-0.39, 0.29) is 11.9 Å². The minimum atomic E-state index is -0.296. The van der Waals surface area contributed by atoms with Crippen LogP contribution in [0.15, 0.2) is 28.9 Å². The van der Waals surface area contributed by atoms with E-state index >= 15 is 0 Å². The summed E-state index contributed by atoms with van der Waals surface area (Å²) in [5.74, 6) is 2.03. The molecule has 3 heterocycles. The summed E-state index contributed by atoms with van der Waals surface area (Å²) in [6.07, 6.45) is 5.04. The van der Waals surface area contributed by atoms with Gasteiger partial charge in [0.05, 0.1) is 6.04 Å². The van der Waals surface area contributed by atoms with Gasteiger partial charge in [0.1, 0.15) is 11.6 Å². The quantitative estimate of drug-likeness (QED) is 0.804. The molecule has 2 aromatic heterocycles. The zero-order chi connectivity index (χ0) is 17.6. The van der Waals surface area contributed by atoms with E-state index in [9.17, 15) is 4.79 Å². The van der Waals surface area contributed by atoms with Gasteiger partial charge in [-0.1, -0.05) is 18.1 Å². The van der Waals surface area contributed by atoms with Gasteiger partial charge in [0, 0.05) is 31.9 Å². The fourth-order valence-corrected chi connectivity index (χ4v) is 2.96. The lowest BCUT2D eigenvalue weighted by molar-refractivity contribution is -0.118. The number of carbonyl (C=O) groups excluding carboxylic acids is 1. The minimum absolute atomic E-state index is 0.113. The van der Waals surface area contributed by atoms with Crippen LogP contribution in [-0.2, 0) is 11.3 Å². The van der Waals surface area contributed by atoms with Gasteiger partial charge < -0.3 is 20.1 Å². The van der Waals surface area contributed by atoms with Crippen molar-refractivity contribution in [1.29, 1.82) is 0 Å². The zero-order valence-electron chi connectivity index (χ0n) is 14.8. The maximum absolute atomic E-state index is 12.3. The first kappa shape index (κ1) is 17.4. The van der Waals surface area contributed by atoms with Gasteiger partial charge in [0.2, 0.25) is 5.91 Å². The van der Waals surface area contributed by atoms with Crippen molar-refractivity contribution in [2.45, 2.75) is 45.7 Å². The maximum atomic E-state index is 12.3. The Morgan fingerprint density at radius 3 is 2.76 bits per heavy atom. The number of aryl methyl sites for hydroxylation is 1. The maximum Gasteiger partial charge on any atom is 0.242 e. The molecular weight excluding hydrogens is 318 g/mol. The predicted molar refractivity (Wildman–Crippen MR) is 96.5 cm³/mol. The number of aromatic nitrogens is 2. The van der Waals surface area contributed by atoms with Gasteiger partial charge in [-0.2, -0.15) is 0 Å². The van der Waals surface area contributed by atoms with Gasteiger partial charge in [-0.05, 0) is 37.8 Å². The Morgan fingerprint density at radius 1 is 1.36 bits per heavy atom. The normalized spacial score (nSPS) is 15.4. The van der Waals surface area contributed by atoms with Crippen molar-refractivity contribution in [3.05, 3.63) is 35.7 Å². The van der Waals surface area contributed by atoms with Crippen LogP contribution in [0.25, 0.3) is 0 Å². The predicted octanol–water partition coefficient (Wildman–Crippen LogP) is 2.49. The molecule has 1 amide bonds. The molecule has 1 atom stereocenters. The number of hydrogen-bond acceptors (Lipinski definition) is 6. The van der Waals surface area contributed by atoms with Crippen LogP contribution in [0.2, 0.25) is 0 Å². The van der Waals surface area contributed by atoms with E-state index in [0.717, 1.165) is 24.5 Å². The molecule has 25 heavy (non-hydrogen) atoms. The molecule has 0 radical (unpaired) electrons. The molecule has 1 saturated heterocycles. The molecule has 7 nitrogen and oxygen atoms in total. The van der Waals surface area contributed by atoms with Crippen molar-refractivity contribution in [3.63, 3.8) is 0 Å². The van der Waals surface area contributed by atoms with Crippen LogP contribution in [-0.4, -0.2) is 35.2 Å². The Morgan fingerprint density at radius 2 is 2.16 bits per heavy atom. The van der Waals surface area contributed by atoms with Gasteiger partial charge in [-0.3, -0.25) is 4.79 Å². The van der Waals surface area contributed by atoms with Crippen molar-refractivity contribution in [1.82, 2.24) is 15.5 Å². The molecule has 3 rings (SSSR count). The van der Waals surface area contributed by atoms with Crippen LogP contribution in [0.3, 0.4) is 0 Å². The average molecular weight is 343 g/mol. The average Bonchev–Trinajstić information content (AvgIpc) is 3.28. The molecule has 7 heteroatoms. The third-order valence-electron chi connectivity index (χ3n) is 4.40. The Labute approximate surface area is 147 Å². The molecule has 0 spiro atoms. The summed E-state index contributed by atoms with van der Waals surface area (Å²) in [6.45, 7) is 6.53. The number of rotatable bonds is 7. The standard InChI is InChI=1S/C18H25N5O2/c1-3-15(18(24)21-16-10-13(2)25-22-16)19-11-14-6-7-17(20-12-14)23-8-4-5-9-23/h6-7,10,12,15,19H,3-5,8-9,11H2,1-2H3,(H,21,22,24)/t15-/m1/s1. The molecule has 1 aliphatic rings.